The molecular formula is C27H25ClN4O3. The van der Waals surface area contributed by atoms with E-state index in [4.69, 9.17) is 11.6 Å². The molecule has 8 heteroatoms. The number of halogens is 1. The lowest BCUT2D eigenvalue weighted by molar-refractivity contribution is 0.0696. The summed E-state index contributed by atoms with van der Waals surface area (Å²) in [5, 5.41) is 13.7. The van der Waals surface area contributed by atoms with Gasteiger partial charge in [-0.1, -0.05) is 17.7 Å². The van der Waals surface area contributed by atoms with E-state index < -0.39 is 5.97 Å². The molecule has 0 atom stereocenters. The minimum Gasteiger partial charge on any atom is -0.478 e. The van der Waals surface area contributed by atoms with Crippen LogP contribution in [0.1, 0.15) is 49.1 Å². The number of carbonyl (C=O) groups is 2. The van der Waals surface area contributed by atoms with Crippen LogP contribution in [0.15, 0.2) is 65.8 Å². The maximum Gasteiger partial charge on any atom is 0.337 e. The Kier molecular flexibility index (Phi) is 6.62. The first-order valence-corrected chi connectivity index (χ1v) is 11.4. The molecule has 0 aliphatic carbocycles. The van der Waals surface area contributed by atoms with Crippen molar-refractivity contribution in [3.63, 3.8) is 0 Å². The fourth-order valence-electron chi connectivity index (χ4n) is 4.22. The Labute approximate surface area is 208 Å². The number of amides is 1. The lowest BCUT2D eigenvalue weighted by Crippen LogP contribution is -2.18. The van der Waals surface area contributed by atoms with Gasteiger partial charge in [0.1, 0.15) is 0 Å². The molecule has 1 amide bonds. The molecule has 0 aliphatic heterocycles. The molecule has 0 fully saturated rings. The zero-order valence-electron chi connectivity index (χ0n) is 19.8. The number of hydrazone groups is 1. The van der Waals surface area contributed by atoms with Crippen LogP contribution in [-0.2, 0) is 0 Å². The second-order valence-electron chi connectivity index (χ2n) is 8.33. The van der Waals surface area contributed by atoms with Gasteiger partial charge in [-0.15, -0.1) is 0 Å². The number of hydrogen-bond donors (Lipinski definition) is 2. The molecular weight excluding hydrogens is 464 g/mol. The number of rotatable bonds is 6. The van der Waals surface area contributed by atoms with Crippen molar-refractivity contribution in [2.45, 2.75) is 27.7 Å². The molecule has 0 saturated carbocycles. The molecule has 0 aliphatic rings. The third-order valence-electron chi connectivity index (χ3n) is 5.92. The molecule has 0 saturated heterocycles. The highest BCUT2D eigenvalue weighted by atomic mass is 35.5. The highest BCUT2D eigenvalue weighted by Crippen LogP contribution is 2.24. The molecule has 0 spiro atoms. The summed E-state index contributed by atoms with van der Waals surface area (Å²) >= 11 is 6.01. The Morgan fingerprint density at radius 2 is 1.57 bits per heavy atom. The monoisotopic (exact) mass is 488 g/mol. The summed E-state index contributed by atoms with van der Waals surface area (Å²) in [5.41, 5.74) is 9.42. The molecule has 2 aromatic heterocycles. The van der Waals surface area contributed by atoms with E-state index >= 15 is 0 Å². The van der Waals surface area contributed by atoms with Crippen LogP contribution in [0, 0.1) is 27.7 Å². The second-order valence-corrected chi connectivity index (χ2v) is 8.74. The number of aromatic carboxylic acids is 1. The zero-order chi connectivity index (χ0) is 25.3. The van der Waals surface area contributed by atoms with Gasteiger partial charge in [-0.3, -0.25) is 4.79 Å². The van der Waals surface area contributed by atoms with Crippen molar-refractivity contribution in [1.29, 1.82) is 0 Å². The highest BCUT2D eigenvalue weighted by molar-refractivity contribution is 6.33. The molecule has 178 valence electrons. The lowest BCUT2D eigenvalue weighted by atomic mass is 10.2. The number of carbonyl (C=O) groups excluding carboxylic acids is 1. The maximum absolute atomic E-state index is 12.7. The van der Waals surface area contributed by atoms with Gasteiger partial charge in [-0.05, 0) is 82.3 Å². The van der Waals surface area contributed by atoms with Crippen molar-refractivity contribution in [3.8, 4) is 11.4 Å². The van der Waals surface area contributed by atoms with Crippen molar-refractivity contribution >= 4 is 29.7 Å². The van der Waals surface area contributed by atoms with E-state index in [1.54, 1.807) is 24.4 Å². The summed E-state index contributed by atoms with van der Waals surface area (Å²) < 4.78 is 4.00. The normalized spacial score (nSPS) is 11.2. The predicted molar refractivity (Wildman–Crippen MR) is 138 cm³/mol. The number of carboxylic acid groups (broad SMARTS) is 1. The molecule has 2 N–H and O–H groups in total. The summed E-state index contributed by atoms with van der Waals surface area (Å²) in [4.78, 5) is 24.2. The third-order valence-corrected chi connectivity index (χ3v) is 6.25. The van der Waals surface area contributed by atoms with Crippen molar-refractivity contribution in [2.24, 2.45) is 5.10 Å². The Morgan fingerprint density at radius 1 is 0.886 bits per heavy atom. The molecule has 4 rings (SSSR count). The van der Waals surface area contributed by atoms with Crippen LogP contribution in [-0.4, -0.2) is 32.3 Å². The van der Waals surface area contributed by atoms with Gasteiger partial charge < -0.3 is 14.2 Å². The first kappa shape index (κ1) is 24.0. The summed E-state index contributed by atoms with van der Waals surface area (Å²) in [5.74, 6) is -1.40. The molecule has 0 unspecified atom stereocenters. The van der Waals surface area contributed by atoms with E-state index in [1.807, 2.05) is 68.7 Å². The average molecular weight is 489 g/mol. The van der Waals surface area contributed by atoms with Crippen LogP contribution in [0.4, 0.5) is 0 Å². The minimum absolute atomic E-state index is 0.0340. The van der Waals surface area contributed by atoms with Gasteiger partial charge in [0.2, 0.25) is 0 Å². The van der Waals surface area contributed by atoms with Crippen LogP contribution in [0.25, 0.3) is 11.4 Å². The van der Waals surface area contributed by atoms with Gasteiger partial charge in [0, 0.05) is 45.3 Å². The highest BCUT2D eigenvalue weighted by Gasteiger charge is 2.14. The topological polar surface area (TPSA) is 88.6 Å². The van der Waals surface area contributed by atoms with E-state index in [9.17, 15) is 14.7 Å². The summed E-state index contributed by atoms with van der Waals surface area (Å²) in [6.45, 7) is 7.85. The van der Waals surface area contributed by atoms with Crippen LogP contribution < -0.4 is 5.43 Å². The molecule has 0 radical (unpaired) electrons. The van der Waals surface area contributed by atoms with Crippen LogP contribution in [0.2, 0.25) is 5.02 Å². The smallest absolute Gasteiger partial charge is 0.337 e. The largest absolute Gasteiger partial charge is 0.478 e. The number of carboxylic acids is 1. The zero-order valence-corrected chi connectivity index (χ0v) is 20.6. The van der Waals surface area contributed by atoms with Crippen LogP contribution >= 0.6 is 11.6 Å². The standard InChI is InChI=1S/C27H25ClN4O3/c1-16-8-9-17(2)31(16)22-7-5-6-20(13-22)26(33)30-29-15-21-12-18(3)32(19(21)4)23-10-11-25(28)24(14-23)27(34)35/h5-15H,1-4H3,(H,30,33)(H,34,35)/b29-15-. The first-order valence-electron chi connectivity index (χ1n) is 11.0. The van der Waals surface area contributed by atoms with Gasteiger partial charge in [0.05, 0.1) is 16.8 Å². The fourth-order valence-corrected chi connectivity index (χ4v) is 4.42. The molecule has 2 heterocycles. The van der Waals surface area contributed by atoms with E-state index in [2.05, 4.69) is 15.1 Å². The van der Waals surface area contributed by atoms with Crippen molar-refractivity contribution in [1.82, 2.24) is 14.6 Å². The number of hydrogen-bond acceptors (Lipinski definition) is 3. The van der Waals surface area contributed by atoms with E-state index in [0.717, 1.165) is 34.0 Å². The summed E-state index contributed by atoms with van der Waals surface area (Å²) in [6, 6.07) is 18.2. The molecule has 4 aromatic rings. The van der Waals surface area contributed by atoms with E-state index in [-0.39, 0.29) is 16.5 Å². The Bertz CT molecular complexity index is 1460. The molecule has 0 bridgehead atoms. The van der Waals surface area contributed by atoms with Gasteiger partial charge in [0.25, 0.3) is 5.91 Å². The van der Waals surface area contributed by atoms with Crippen molar-refractivity contribution in [3.05, 3.63) is 105 Å². The van der Waals surface area contributed by atoms with Gasteiger partial charge in [0.15, 0.2) is 0 Å². The number of benzene rings is 2. The molecule has 35 heavy (non-hydrogen) atoms. The summed E-state index contributed by atoms with van der Waals surface area (Å²) in [7, 11) is 0. The number of nitrogens with one attached hydrogen (secondary N) is 1. The van der Waals surface area contributed by atoms with Crippen molar-refractivity contribution < 1.29 is 14.7 Å². The average Bonchev–Trinajstić information content (AvgIpc) is 3.31. The number of nitrogens with zero attached hydrogens (tertiary/aromatic N) is 3. The number of aromatic nitrogens is 2. The fraction of sp³-hybridized carbons (Fsp3) is 0.148. The van der Waals surface area contributed by atoms with Gasteiger partial charge in [-0.25, -0.2) is 10.2 Å². The van der Waals surface area contributed by atoms with Crippen molar-refractivity contribution in [2.75, 3.05) is 0 Å². The van der Waals surface area contributed by atoms with E-state index in [0.29, 0.717) is 11.3 Å². The van der Waals surface area contributed by atoms with Crippen LogP contribution in [0.3, 0.4) is 0 Å². The lowest BCUT2D eigenvalue weighted by Gasteiger charge is -2.11. The van der Waals surface area contributed by atoms with Crippen LogP contribution in [0.5, 0.6) is 0 Å². The number of aryl methyl sites for hydroxylation is 3. The first-order chi connectivity index (χ1) is 16.7. The quantitative estimate of drug-likeness (QED) is 0.273. The summed E-state index contributed by atoms with van der Waals surface area (Å²) in [6.07, 6.45) is 1.58. The molecule has 2 aromatic carbocycles. The van der Waals surface area contributed by atoms with Gasteiger partial charge >= 0.3 is 5.97 Å². The maximum atomic E-state index is 12.7. The predicted octanol–water partition coefficient (Wildman–Crippen LogP) is 5.62. The Hall–Kier alpha value is -4.10. The Morgan fingerprint density at radius 3 is 2.26 bits per heavy atom. The third kappa shape index (κ3) is 4.76. The SMILES string of the molecule is Cc1ccc(C)n1-c1cccc(C(=O)N/N=C\c2cc(C)n(-c3ccc(Cl)c(C(=O)O)c3)c2C)c1. The Balaban J connectivity index is 1.54. The van der Waals surface area contributed by atoms with Gasteiger partial charge in [-0.2, -0.15) is 5.10 Å². The molecule has 7 nitrogen and oxygen atoms in total. The minimum atomic E-state index is -1.09. The second kappa shape index (κ2) is 9.64. The van der Waals surface area contributed by atoms with E-state index in [1.165, 1.54) is 6.07 Å².